The topological polar surface area (TPSA) is 59.0 Å². The van der Waals surface area contributed by atoms with Crippen molar-refractivity contribution in [2.45, 2.75) is 19.4 Å². The van der Waals surface area contributed by atoms with Crippen molar-refractivity contribution in [3.63, 3.8) is 0 Å². The van der Waals surface area contributed by atoms with Gasteiger partial charge in [0.05, 0.1) is 13.0 Å². The highest BCUT2D eigenvalue weighted by atomic mass is 19.2. The van der Waals surface area contributed by atoms with E-state index in [0.717, 1.165) is 6.07 Å². The van der Waals surface area contributed by atoms with Crippen molar-refractivity contribution in [2.75, 3.05) is 33.4 Å². The molecule has 24 heavy (non-hydrogen) atoms. The number of carboxylic acid groups (broad SMARTS) is 1. The van der Waals surface area contributed by atoms with Crippen LogP contribution in [0.1, 0.15) is 18.4 Å². The monoisotopic (exact) mass is 341 g/mol. The number of carboxylic acids is 1. The smallest absolute Gasteiger partial charge is 0.308 e. The summed E-state index contributed by atoms with van der Waals surface area (Å²) in [6.45, 7) is 2.05. The molecule has 0 radical (unpaired) electrons. The zero-order chi connectivity index (χ0) is 17.3. The second-order valence-electron chi connectivity index (χ2n) is 6.58. The van der Waals surface area contributed by atoms with Gasteiger partial charge in [0.25, 0.3) is 0 Å². The third kappa shape index (κ3) is 2.98. The van der Waals surface area contributed by atoms with Crippen LogP contribution in [0.5, 0.6) is 5.75 Å². The lowest BCUT2D eigenvalue weighted by Gasteiger charge is -2.36. The number of rotatable bonds is 4. The Morgan fingerprint density at radius 1 is 1.42 bits per heavy atom. The van der Waals surface area contributed by atoms with Crippen LogP contribution in [0.25, 0.3) is 0 Å². The maximum Gasteiger partial charge on any atom is 0.308 e. The van der Waals surface area contributed by atoms with Crippen molar-refractivity contribution in [1.29, 1.82) is 0 Å². The molecule has 2 saturated heterocycles. The second-order valence-corrected chi connectivity index (χ2v) is 6.58. The van der Waals surface area contributed by atoms with E-state index in [0.29, 0.717) is 39.1 Å². The minimum absolute atomic E-state index is 0.124. The van der Waals surface area contributed by atoms with Gasteiger partial charge < -0.3 is 14.6 Å². The molecule has 0 saturated carbocycles. The highest BCUT2D eigenvalue weighted by molar-refractivity contribution is 5.72. The Hall–Kier alpha value is -1.73. The Labute approximate surface area is 139 Å². The lowest BCUT2D eigenvalue weighted by molar-refractivity contribution is -0.147. The fourth-order valence-corrected chi connectivity index (χ4v) is 3.95. The summed E-state index contributed by atoms with van der Waals surface area (Å²) in [5.41, 5.74) is -0.230. The van der Waals surface area contributed by atoms with E-state index in [2.05, 4.69) is 0 Å². The minimum atomic E-state index is -0.936. The molecule has 2 heterocycles. The number of ether oxygens (including phenoxy) is 2. The molecule has 3 rings (SSSR count). The van der Waals surface area contributed by atoms with Gasteiger partial charge in [-0.2, -0.15) is 0 Å². The first kappa shape index (κ1) is 17.1. The van der Waals surface area contributed by atoms with Crippen LogP contribution in [0, 0.1) is 23.0 Å². The number of likely N-dealkylation sites (tertiary alicyclic amines) is 1. The largest absolute Gasteiger partial charge is 0.496 e. The van der Waals surface area contributed by atoms with Gasteiger partial charge in [0.15, 0.2) is 11.6 Å². The average molecular weight is 341 g/mol. The molecule has 2 aliphatic heterocycles. The maximum absolute atomic E-state index is 14.2. The molecule has 2 fully saturated rings. The first-order chi connectivity index (χ1) is 11.5. The van der Waals surface area contributed by atoms with Crippen LogP contribution >= 0.6 is 0 Å². The van der Waals surface area contributed by atoms with Gasteiger partial charge in [-0.15, -0.1) is 0 Å². The Balaban J connectivity index is 1.85. The normalized spacial score (nSPS) is 23.5. The predicted octanol–water partition coefficient (Wildman–Crippen LogP) is 2.29. The summed E-state index contributed by atoms with van der Waals surface area (Å²) in [7, 11) is 1.40. The summed E-state index contributed by atoms with van der Waals surface area (Å²) >= 11 is 0. The number of hydrogen-bond acceptors (Lipinski definition) is 4. The molecule has 7 heteroatoms. The van der Waals surface area contributed by atoms with Crippen molar-refractivity contribution < 1.29 is 28.2 Å². The molecule has 1 N–H and O–H groups in total. The molecule has 0 bridgehead atoms. The zero-order valence-electron chi connectivity index (χ0n) is 13.6. The van der Waals surface area contributed by atoms with E-state index >= 15 is 0 Å². The number of methoxy groups -OCH3 is 1. The first-order valence-electron chi connectivity index (χ1n) is 8.00. The van der Waals surface area contributed by atoms with Gasteiger partial charge in [0.1, 0.15) is 5.75 Å². The molecule has 1 aromatic rings. The standard InChI is InChI=1S/C17H21F2NO4/c1-23-14-3-2-13(18)15(19)11(14)8-20-9-12(16(21)22)17(10-20)4-6-24-7-5-17/h2-3,12H,4-10H2,1H3,(H,21,22). The van der Waals surface area contributed by atoms with Crippen LogP contribution in [0.15, 0.2) is 12.1 Å². The Morgan fingerprint density at radius 3 is 2.75 bits per heavy atom. The summed E-state index contributed by atoms with van der Waals surface area (Å²) in [5.74, 6) is -2.96. The second kappa shape index (κ2) is 6.64. The number of nitrogens with zero attached hydrogens (tertiary/aromatic N) is 1. The number of halogens is 2. The van der Waals surface area contributed by atoms with Crippen LogP contribution in [0.2, 0.25) is 0 Å². The summed E-state index contributed by atoms with van der Waals surface area (Å²) in [4.78, 5) is 13.6. The van der Waals surface area contributed by atoms with E-state index in [9.17, 15) is 18.7 Å². The highest BCUT2D eigenvalue weighted by Gasteiger charge is 2.50. The van der Waals surface area contributed by atoms with Gasteiger partial charge in [0.2, 0.25) is 0 Å². The number of benzene rings is 1. The summed E-state index contributed by atoms with van der Waals surface area (Å²) in [5, 5.41) is 9.59. The molecule has 5 nitrogen and oxygen atoms in total. The molecule has 0 amide bonds. The van der Waals surface area contributed by atoms with Gasteiger partial charge in [-0.1, -0.05) is 0 Å². The van der Waals surface area contributed by atoms with E-state index in [1.165, 1.54) is 13.2 Å². The third-order valence-corrected chi connectivity index (χ3v) is 5.26. The fourth-order valence-electron chi connectivity index (χ4n) is 3.95. The van der Waals surface area contributed by atoms with E-state index < -0.39 is 23.5 Å². The zero-order valence-corrected chi connectivity index (χ0v) is 13.6. The SMILES string of the molecule is COc1ccc(F)c(F)c1CN1CC(C(=O)O)C2(CCOCC2)C1. The van der Waals surface area contributed by atoms with E-state index in [-0.39, 0.29) is 23.3 Å². The van der Waals surface area contributed by atoms with Crippen molar-refractivity contribution in [1.82, 2.24) is 4.90 Å². The summed E-state index contributed by atoms with van der Waals surface area (Å²) < 4.78 is 38.2. The average Bonchev–Trinajstić information content (AvgIpc) is 2.91. The molecule has 0 aliphatic carbocycles. The van der Waals surface area contributed by atoms with Crippen LogP contribution < -0.4 is 4.74 Å². The first-order valence-corrected chi connectivity index (χ1v) is 8.00. The molecular weight excluding hydrogens is 320 g/mol. The highest BCUT2D eigenvalue weighted by Crippen LogP contribution is 2.45. The Bertz CT molecular complexity index is 631. The van der Waals surface area contributed by atoms with Gasteiger partial charge in [-0.3, -0.25) is 9.69 Å². The van der Waals surface area contributed by atoms with Crippen LogP contribution in [-0.4, -0.2) is 49.4 Å². The van der Waals surface area contributed by atoms with Gasteiger partial charge in [-0.05, 0) is 25.0 Å². The number of carbonyl (C=O) groups is 1. The quantitative estimate of drug-likeness (QED) is 0.911. The lowest BCUT2D eigenvalue weighted by atomic mass is 9.72. The molecule has 2 aliphatic rings. The van der Waals surface area contributed by atoms with Crippen LogP contribution in [0.3, 0.4) is 0 Å². The fraction of sp³-hybridized carbons (Fsp3) is 0.588. The number of hydrogen-bond donors (Lipinski definition) is 1. The van der Waals surface area contributed by atoms with E-state index in [1.54, 1.807) is 0 Å². The molecular formula is C17H21F2NO4. The van der Waals surface area contributed by atoms with E-state index in [4.69, 9.17) is 9.47 Å². The van der Waals surface area contributed by atoms with E-state index in [1.807, 2.05) is 4.90 Å². The summed E-state index contributed by atoms with van der Waals surface area (Å²) in [6, 6.07) is 2.42. The van der Waals surface area contributed by atoms with Gasteiger partial charge in [0, 0.05) is 43.8 Å². The van der Waals surface area contributed by atoms with Crippen molar-refractivity contribution in [3.05, 3.63) is 29.3 Å². The lowest BCUT2D eigenvalue weighted by Crippen LogP contribution is -2.40. The van der Waals surface area contributed by atoms with Crippen molar-refractivity contribution in [2.24, 2.45) is 11.3 Å². The van der Waals surface area contributed by atoms with Crippen LogP contribution in [0.4, 0.5) is 8.78 Å². The van der Waals surface area contributed by atoms with Gasteiger partial charge in [-0.25, -0.2) is 8.78 Å². The van der Waals surface area contributed by atoms with Crippen molar-refractivity contribution >= 4 is 5.97 Å². The number of aliphatic carboxylic acids is 1. The van der Waals surface area contributed by atoms with Gasteiger partial charge >= 0.3 is 5.97 Å². The molecule has 1 atom stereocenters. The molecule has 0 aromatic heterocycles. The Morgan fingerprint density at radius 2 is 2.12 bits per heavy atom. The predicted molar refractivity (Wildman–Crippen MR) is 81.8 cm³/mol. The molecule has 132 valence electrons. The van der Waals surface area contributed by atoms with Crippen LogP contribution in [-0.2, 0) is 16.1 Å². The van der Waals surface area contributed by atoms with Crippen molar-refractivity contribution in [3.8, 4) is 5.75 Å². The molecule has 1 unspecified atom stereocenters. The third-order valence-electron chi connectivity index (χ3n) is 5.26. The maximum atomic E-state index is 14.2. The minimum Gasteiger partial charge on any atom is -0.496 e. The molecule has 1 aromatic carbocycles. The Kier molecular flexibility index (Phi) is 4.73. The summed E-state index contributed by atoms with van der Waals surface area (Å²) in [6.07, 6.45) is 1.34. The molecule has 1 spiro atoms.